The van der Waals surface area contributed by atoms with Gasteiger partial charge in [-0.1, -0.05) is 0 Å². The minimum Gasteiger partial charge on any atom is -0.396 e. The Bertz CT molecular complexity index is 284. The summed E-state index contributed by atoms with van der Waals surface area (Å²) in [5, 5.41) is 12.1. The molecule has 16 heavy (non-hydrogen) atoms. The van der Waals surface area contributed by atoms with E-state index >= 15 is 0 Å². The van der Waals surface area contributed by atoms with Crippen molar-refractivity contribution in [1.29, 1.82) is 0 Å². The number of carbonyl (C=O) groups excluding carboxylic acids is 1. The number of hydrogen-bond donors (Lipinski definition) is 2. The molecule has 3 rings (SSSR count). The van der Waals surface area contributed by atoms with Gasteiger partial charge >= 0.3 is 0 Å². The van der Waals surface area contributed by atoms with E-state index in [1.165, 1.54) is 25.7 Å². The Morgan fingerprint density at radius 2 is 2.06 bits per heavy atom. The lowest BCUT2D eigenvalue weighted by atomic mass is 10.1. The summed E-state index contributed by atoms with van der Waals surface area (Å²) in [7, 11) is 0. The molecule has 3 heteroatoms. The molecule has 3 nitrogen and oxygen atoms in total. The van der Waals surface area contributed by atoms with E-state index in [1.807, 2.05) is 0 Å². The Kier molecular flexibility index (Phi) is 2.66. The number of nitrogens with one attached hydrogen (secondary N) is 1. The number of amides is 1. The SMILES string of the molecule is O=C(NC(CCO)C1CC1)C1CC1C1CC1. The van der Waals surface area contributed by atoms with E-state index in [-0.39, 0.29) is 18.6 Å². The van der Waals surface area contributed by atoms with Crippen LogP contribution in [0.5, 0.6) is 0 Å². The van der Waals surface area contributed by atoms with Crippen LogP contribution in [0.15, 0.2) is 0 Å². The monoisotopic (exact) mass is 223 g/mol. The van der Waals surface area contributed by atoms with E-state index in [0.717, 1.165) is 18.8 Å². The molecule has 0 aliphatic heterocycles. The van der Waals surface area contributed by atoms with Crippen molar-refractivity contribution >= 4 is 5.91 Å². The largest absolute Gasteiger partial charge is 0.396 e. The fraction of sp³-hybridized carbons (Fsp3) is 0.923. The third-order valence-electron chi connectivity index (χ3n) is 4.36. The third kappa shape index (κ3) is 2.24. The molecule has 0 radical (unpaired) electrons. The molecule has 3 aliphatic rings. The molecular formula is C13H21NO2. The number of rotatable bonds is 6. The lowest BCUT2D eigenvalue weighted by Crippen LogP contribution is -2.38. The zero-order chi connectivity index (χ0) is 11.1. The van der Waals surface area contributed by atoms with E-state index in [1.54, 1.807) is 0 Å². The van der Waals surface area contributed by atoms with E-state index in [4.69, 9.17) is 5.11 Å². The van der Waals surface area contributed by atoms with Crippen LogP contribution in [0.25, 0.3) is 0 Å². The van der Waals surface area contributed by atoms with Crippen LogP contribution in [-0.4, -0.2) is 23.7 Å². The minimum atomic E-state index is 0.193. The standard InChI is InChI=1S/C13H21NO2/c15-6-5-12(9-3-4-9)14-13(16)11-7-10(11)8-1-2-8/h8-12,15H,1-7H2,(H,14,16). The molecule has 0 aromatic carbocycles. The Balaban J connectivity index is 1.47. The molecule has 0 saturated heterocycles. The fourth-order valence-corrected chi connectivity index (χ4v) is 2.91. The first-order valence-electron chi connectivity index (χ1n) is 6.71. The molecule has 2 N–H and O–H groups in total. The van der Waals surface area contributed by atoms with Gasteiger partial charge in [-0.25, -0.2) is 0 Å². The number of carbonyl (C=O) groups is 1. The lowest BCUT2D eigenvalue weighted by molar-refractivity contribution is -0.123. The average Bonchev–Trinajstić information content (AvgIpc) is 3.18. The highest BCUT2D eigenvalue weighted by Gasteiger charge is 2.51. The van der Waals surface area contributed by atoms with Crippen molar-refractivity contribution in [2.45, 2.75) is 44.6 Å². The van der Waals surface area contributed by atoms with Gasteiger partial charge < -0.3 is 10.4 Å². The quantitative estimate of drug-likeness (QED) is 0.713. The fourth-order valence-electron chi connectivity index (χ4n) is 2.91. The minimum absolute atomic E-state index is 0.193. The van der Waals surface area contributed by atoms with Gasteiger partial charge in [-0.3, -0.25) is 4.79 Å². The molecule has 0 heterocycles. The molecular weight excluding hydrogens is 202 g/mol. The summed E-state index contributed by atoms with van der Waals surface area (Å²) in [5.74, 6) is 2.80. The predicted octanol–water partition coefficient (Wildman–Crippen LogP) is 1.31. The summed E-state index contributed by atoms with van der Waals surface area (Å²) in [4.78, 5) is 12.0. The van der Waals surface area contributed by atoms with Crippen molar-refractivity contribution in [3.63, 3.8) is 0 Å². The van der Waals surface area contributed by atoms with Crippen molar-refractivity contribution in [3.8, 4) is 0 Å². The highest BCUT2D eigenvalue weighted by atomic mass is 16.3. The molecule has 3 fully saturated rings. The summed E-state index contributed by atoms with van der Waals surface area (Å²) in [5.41, 5.74) is 0. The Hall–Kier alpha value is -0.570. The van der Waals surface area contributed by atoms with Gasteiger partial charge in [0.05, 0.1) is 0 Å². The zero-order valence-electron chi connectivity index (χ0n) is 9.69. The first-order valence-corrected chi connectivity index (χ1v) is 6.71. The summed E-state index contributed by atoms with van der Waals surface area (Å²) in [6.45, 7) is 0.193. The van der Waals surface area contributed by atoms with Crippen molar-refractivity contribution in [2.24, 2.45) is 23.7 Å². The van der Waals surface area contributed by atoms with Gasteiger partial charge in [-0.05, 0) is 56.3 Å². The Morgan fingerprint density at radius 1 is 1.31 bits per heavy atom. The van der Waals surface area contributed by atoms with Gasteiger partial charge in [-0.15, -0.1) is 0 Å². The number of hydrogen-bond acceptors (Lipinski definition) is 2. The van der Waals surface area contributed by atoms with Crippen molar-refractivity contribution in [3.05, 3.63) is 0 Å². The summed E-state index contributed by atoms with van der Waals surface area (Å²) >= 11 is 0. The summed E-state index contributed by atoms with van der Waals surface area (Å²) in [6, 6.07) is 0.248. The average molecular weight is 223 g/mol. The van der Waals surface area contributed by atoms with E-state index in [0.29, 0.717) is 17.8 Å². The van der Waals surface area contributed by atoms with Gasteiger partial charge in [0.25, 0.3) is 0 Å². The first kappa shape index (κ1) is 10.6. The molecule has 3 unspecified atom stereocenters. The normalized spacial score (nSPS) is 34.6. The zero-order valence-corrected chi connectivity index (χ0v) is 9.69. The molecule has 3 atom stereocenters. The molecule has 90 valence electrons. The number of aliphatic hydroxyl groups is 1. The van der Waals surface area contributed by atoms with Crippen LogP contribution in [-0.2, 0) is 4.79 Å². The van der Waals surface area contributed by atoms with Gasteiger partial charge in [0.15, 0.2) is 0 Å². The van der Waals surface area contributed by atoms with Gasteiger partial charge in [0, 0.05) is 18.6 Å². The van der Waals surface area contributed by atoms with Gasteiger partial charge in [-0.2, -0.15) is 0 Å². The van der Waals surface area contributed by atoms with E-state index < -0.39 is 0 Å². The molecule has 3 saturated carbocycles. The lowest BCUT2D eigenvalue weighted by Gasteiger charge is -2.17. The second kappa shape index (κ2) is 4.02. The summed E-state index contributed by atoms with van der Waals surface area (Å²) in [6.07, 6.45) is 6.99. The highest BCUT2D eigenvalue weighted by molar-refractivity contribution is 5.82. The maximum Gasteiger partial charge on any atom is 0.223 e. The highest BCUT2D eigenvalue weighted by Crippen LogP contribution is 2.54. The van der Waals surface area contributed by atoms with Crippen LogP contribution in [0.2, 0.25) is 0 Å². The smallest absolute Gasteiger partial charge is 0.223 e. The van der Waals surface area contributed by atoms with Gasteiger partial charge in [0.1, 0.15) is 0 Å². The van der Waals surface area contributed by atoms with Crippen LogP contribution >= 0.6 is 0 Å². The van der Waals surface area contributed by atoms with Crippen molar-refractivity contribution < 1.29 is 9.90 Å². The van der Waals surface area contributed by atoms with E-state index in [2.05, 4.69) is 5.32 Å². The van der Waals surface area contributed by atoms with Crippen LogP contribution in [0.4, 0.5) is 0 Å². The molecule has 0 aromatic heterocycles. The molecule has 3 aliphatic carbocycles. The topological polar surface area (TPSA) is 49.3 Å². The number of aliphatic hydroxyl groups excluding tert-OH is 1. The van der Waals surface area contributed by atoms with Crippen molar-refractivity contribution in [2.75, 3.05) is 6.61 Å². The maximum absolute atomic E-state index is 12.0. The van der Waals surface area contributed by atoms with Gasteiger partial charge in [0.2, 0.25) is 5.91 Å². The first-order chi connectivity index (χ1) is 7.79. The molecule has 1 amide bonds. The van der Waals surface area contributed by atoms with Crippen LogP contribution < -0.4 is 5.32 Å². The van der Waals surface area contributed by atoms with E-state index in [9.17, 15) is 4.79 Å². The molecule has 0 bridgehead atoms. The van der Waals surface area contributed by atoms with Crippen LogP contribution in [0.1, 0.15) is 38.5 Å². The Labute approximate surface area is 96.6 Å². The maximum atomic E-state index is 12.0. The second-order valence-corrected chi connectivity index (χ2v) is 5.81. The molecule has 0 spiro atoms. The predicted molar refractivity (Wildman–Crippen MR) is 60.7 cm³/mol. The Morgan fingerprint density at radius 3 is 2.62 bits per heavy atom. The molecule has 0 aromatic rings. The second-order valence-electron chi connectivity index (χ2n) is 5.81. The third-order valence-corrected chi connectivity index (χ3v) is 4.36. The van der Waals surface area contributed by atoms with Crippen LogP contribution in [0, 0.1) is 23.7 Å². The van der Waals surface area contributed by atoms with Crippen LogP contribution in [0.3, 0.4) is 0 Å². The summed E-state index contributed by atoms with van der Waals surface area (Å²) < 4.78 is 0. The van der Waals surface area contributed by atoms with Crippen molar-refractivity contribution in [1.82, 2.24) is 5.32 Å².